The van der Waals surface area contributed by atoms with Crippen LogP contribution >= 0.6 is 0 Å². The first-order valence-corrected chi connectivity index (χ1v) is 10.7. The monoisotopic (exact) mass is 419 g/mol. The third-order valence-corrected chi connectivity index (χ3v) is 5.41. The number of ether oxygens (including phenoxy) is 3. The van der Waals surface area contributed by atoms with Gasteiger partial charge in [-0.2, -0.15) is 0 Å². The number of anilines is 1. The van der Waals surface area contributed by atoms with Crippen molar-refractivity contribution in [3.05, 3.63) is 53.6 Å². The third kappa shape index (κ3) is 5.05. The van der Waals surface area contributed by atoms with Crippen LogP contribution in [0.4, 0.5) is 5.69 Å². The number of hydrogen-bond acceptors (Lipinski definition) is 7. The Morgan fingerprint density at radius 3 is 2.45 bits per heavy atom. The molecule has 0 bridgehead atoms. The summed E-state index contributed by atoms with van der Waals surface area (Å²) in [6, 6.07) is 11.5. The maximum atomic E-state index is 12.3. The van der Waals surface area contributed by atoms with E-state index in [0.717, 1.165) is 10.6 Å². The number of para-hydroxylation sites is 1. The Kier molecular flexibility index (Phi) is 6.07. The number of fused-ring (bicyclic) bond motifs is 1. The Balaban J connectivity index is 1.65. The van der Waals surface area contributed by atoms with Gasteiger partial charge in [0.25, 0.3) is 0 Å². The lowest BCUT2D eigenvalue weighted by molar-refractivity contribution is -0.140. The molecule has 1 heterocycles. The molecule has 0 saturated heterocycles. The molecule has 1 aliphatic heterocycles. The highest BCUT2D eigenvalue weighted by molar-refractivity contribution is 7.92. The summed E-state index contributed by atoms with van der Waals surface area (Å²) in [4.78, 5) is 24.6. The fourth-order valence-electron chi connectivity index (χ4n) is 2.83. The van der Waals surface area contributed by atoms with E-state index in [1.807, 2.05) is 0 Å². The summed E-state index contributed by atoms with van der Waals surface area (Å²) in [7, 11) is -3.72. The van der Waals surface area contributed by atoms with Crippen LogP contribution in [0, 0.1) is 6.92 Å². The maximum absolute atomic E-state index is 12.3. The lowest BCUT2D eigenvalue weighted by Crippen LogP contribution is -2.36. The number of benzene rings is 2. The zero-order valence-electron chi connectivity index (χ0n) is 16.1. The van der Waals surface area contributed by atoms with Gasteiger partial charge in [0.15, 0.2) is 23.9 Å². The predicted molar refractivity (Wildman–Crippen MR) is 106 cm³/mol. The highest BCUT2D eigenvalue weighted by Crippen LogP contribution is 2.30. The van der Waals surface area contributed by atoms with Crippen LogP contribution in [0.5, 0.6) is 11.5 Å². The van der Waals surface area contributed by atoms with Gasteiger partial charge in [0.05, 0.1) is 11.9 Å². The topological polar surface area (TPSA) is 99.2 Å². The van der Waals surface area contributed by atoms with Gasteiger partial charge < -0.3 is 14.2 Å². The molecule has 2 aromatic rings. The van der Waals surface area contributed by atoms with E-state index in [1.54, 1.807) is 43.3 Å². The SMILES string of the molecule is Cc1ccccc1N(CC(=O)OCC(=O)c1ccc2c(c1)OCCO2)S(C)(=O)=O. The summed E-state index contributed by atoms with van der Waals surface area (Å²) in [5, 5.41) is 0. The number of hydrogen-bond donors (Lipinski definition) is 0. The van der Waals surface area contributed by atoms with Gasteiger partial charge in [0.2, 0.25) is 10.0 Å². The molecule has 0 atom stereocenters. The van der Waals surface area contributed by atoms with Crippen molar-refractivity contribution in [2.75, 3.05) is 36.9 Å². The Hall–Kier alpha value is -3.07. The molecule has 29 heavy (non-hydrogen) atoms. The third-order valence-electron chi connectivity index (χ3n) is 4.29. The molecular weight excluding hydrogens is 398 g/mol. The summed E-state index contributed by atoms with van der Waals surface area (Å²) in [5.74, 6) is -0.259. The number of aryl methyl sites for hydroxylation is 1. The van der Waals surface area contributed by atoms with Gasteiger partial charge in [-0.3, -0.25) is 13.9 Å². The van der Waals surface area contributed by atoms with Crippen molar-refractivity contribution < 1.29 is 32.2 Å². The number of rotatable bonds is 7. The molecule has 0 saturated carbocycles. The molecule has 1 aliphatic rings. The highest BCUT2D eigenvalue weighted by atomic mass is 32.2. The van der Waals surface area contributed by atoms with Crippen LogP contribution in [-0.4, -0.2) is 52.8 Å². The van der Waals surface area contributed by atoms with Gasteiger partial charge >= 0.3 is 5.97 Å². The Bertz CT molecular complexity index is 1030. The first kappa shape index (κ1) is 20.7. The van der Waals surface area contributed by atoms with Gasteiger partial charge in [0.1, 0.15) is 19.8 Å². The highest BCUT2D eigenvalue weighted by Gasteiger charge is 2.24. The summed E-state index contributed by atoms with van der Waals surface area (Å²) in [6.07, 6.45) is 1.01. The van der Waals surface area contributed by atoms with Crippen molar-refractivity contribution in [1.82, 2.24) is 0 Å². The van der Waals surface area contributed by atoms with E-state index in [-0.39, 0.29) is 0 Å². The number of carbonyl (C=O) groups is 2. The van der Waals surface area contributed by atoms with Crippen LogP contribution in [0.15, 0.2) is 42.5 Å². The fourth-order valence-corrected chi connectivity index (χ4v) is 3.74. The lowest BCUT2D eigenvalue weighted by Gasteiger charge is -2.23. The van der Waals surface area contributed by atoms with Crippen molar-refractivity contribution in [2.24, 2.45) is 0 Å². The number of esters is 1. The summed E-state index contributed by atoms with van der Waals surface area (Å²) in [5.41, 5.74) is 1.38. The quantitative estimate of drug-likeness (QED) is 0.500. The van der Waals surface area contributed by atoms with Crippen molar-refractivity contribution >= 4 is 27.5 Å². The fraction of sp³-hybridized carbons (Fsp3) is 0.300. The van der Waals surface area contributed by atoms with E-state index in [9.17, 15) is 18.0 Å². The van der Waals surface area contributed by atoms with Crippen molar-refractivity contribution in [2.45, 2.75) is 6.92 Å². The molecule has 0 aromatic heterocycles. The summed E-state index contributed by atoms with van der Waals surface area (Å²) in [6.45, 7) is 1.53. The van der Waals surface area contributed by atoms with E-state index in [0.29, 0.717) is 41.5 Å². The van der Waals surface area contributed by atoms with Gasteiger partial charge in [-0.25, -0.2) is 8.42 Å². The average Bonchev–Trinajstić information content (AvgIpc) is 2.69. The Morgan fingerprint density at radius 1 is 1.07 bits per heavy atom. The van der Waals surface area contributed by atoms with Gasteiger partial charge in [-0.15, -0.1) is 0 Å². The van der Waals surface area contributed by atoms with Crippen molar-refractivity contribution in [3.63, 3.8) is 0 Å². The second-order valence-corrected chi connectivity index (χ2v) is 8.41. The van der Waals surface area contributed by atoms with E-state index in [4.69, 9.17) is 14.2 Å². The van der Waals surface area contributed by atoms with E-state index < -0.39 is 34.9 Å². The predicted octanol–water partition coefficient (Wildman–Crippen LogP) is 1.96. The first-order chi connectivity index (χ1) is 13.8. The average molecular weight is 419 g/mol. The Morgan fingerprint density at radius 2 is 1.76 bits per heavy atom. The second kappa shape index (κ2) is 8.52. The molecule has 0 fully saturated rings. The molecule has 0 unspecified atom stereocenters. The number of carbonyl (C=O) groups excluding carboxylic acids is 2. The molecule has 0 amide bonds. The standard InChI is InChI=1S/C20H21NO7S/c1-14-5-3-4-6-16(14)21(29(2,24)25)12-20(23)28-13-17(22)15-7-8-18-19(11-15)27-10-9-26-18/h3-8,11H,9-10,12-13H2,1-2H3. The molecule has 0 radical (unpaired) electrons. The van der Waals surface area contributed by atoms with Crippen molar-refractivity contribution in [3.8, 4) is 11.5 Å². The summed E-state index contributed by atoms with van der Waals surface area (Å²) >= 11 is 0. The smallest absolute Gasteiger partial charge is 0.327 e. The number of ketones is 1. The second-order valence-electron chi connectivity index (χ2n) is 6.50. The van der Waals surface area contributed by atoms with Crippen LogP contribution in [-0.2, 0) is 19.6 Å². The zero-order chi connectivity index (χ0) is 21.0. The lowest BCUT2D eigenvalue weighted by atomic mass is 10.1. The minimum absolute atomic E-state index is 0.306. The van der Waals surface area contributed by atoms with Crippen LogP contribution < -0.4 is 13.8 Å². The molecule has 2 aromatic carbocycles. The molecular formula is C20H21NO7S. The molecule has 0 spiro atoms. The van der Waals surface area contributed by atoms with E-state index in [2.05, 4.69) is 0 Å². The zero-order valence-corrected chi connectivity index (χ0v) is 16.9. The molecule has 9 heteroatoms. The molecule has 0 aliphatic carbocycles. The van der Waals surface area contributed by atoms with Crippen LogP contribution in [0.25, 0.3) is 0 Å². The van der Waals surface area contributed by atoms with Gasteiger partial charge in [0, 0.05) is 5.56 Å². The number of nitrogens with zero attached hydrogens (tertiary/aromatic N) is 1. The normalized spacial score (nSPS) is 12.9. The largest absolute Gasteiger partial charge is 0.486 e. The number of Topliss-reactive ketones (excluding diaryl/α,β-unsaturated/α-hetero) is 1. The molecule has 0 N–H and O–H groups in total. The molecule has 154 valence electrons. The maximum Gasteiger partial charge on any atom is 0.327 e. The van der Waals surface area contributed by atoms with Crippen LogP contribution in [0.1, 0.15) is 15.9 Å². The van der Waals surface area contributed by atoms with E-state index in [1.165, 1.54) is 6.07 Å². The van der Waals surface area contributed by atoms with Gasteiger partial charge in [-0.05, 0) is 36.8 Å². The Labute approximate surface area is 169 Å². The minimum Gasteiger partial charge on any atom is -0.486 e. The summed E-state index contributed by atoms with van der Waals surface area (Å²) < 4.78 is 41.1. The molecule has 8 nitrogen and oxygen atoms in total. The van der Waals surface area contributed by atoms with Crippen LogP contribution in [0.3, 0.4) is 0 Å². The molecule has 3 rings (SSSR count). The van der Waals surface area contributed by atoms with Gasteiger partial charge in [-0.1, -0.05) is 18.2 Å². The number of sulfonamides is 1. The van der Waals surface area contributed by atoms with E-state index >= 15 is 0 Å². The first-order valence-electron chi connectivity index (χ1n) is 8.87. The minimum atomic E-state index is -3.72. The van der Waals surface area contributed by atoms with Crippen LogP contribution in [0.2, 0.25) is 0 Å². The van der Waals surface area contributed by atoms with Crippen molar-refractivity contribution in [1.29, 1.82) is 0 Å².